The first-order valence-electron chi connectivity index (χ1n) is 5.96. The second kappa shape index (κ2) is 5.10. The molecule has 0 aliphatic carbocycles. The molecule has 0 bridgehead atoms. The van der Waals surface area contributed by atoms with E-state index in [4.69, 9.17) is 5.73 Å². The molecule has 0 unspecified atom stereocenters. The van der Waals surface area contributed by atoms with Crippen molar-refractivity contribution in [3.05, 3.63) is 41.2 Å². The van der Waals surface area contributed by atoms with E-state index in [-0.39, 0.29) is 0 Å². The van der Waals surface area contributed by atoms with Gasteiger partial charge < -0.3 is 5.73 Å². The van der Waals surface area contributed by atoms with Crippen molar-refractivity contribution in [2.24, 2.45) is 5.73 Å². The topological polar surface area (TPSA) is 56.7 Å². The van der Waals surface area contributed by atoms with Gasteiger partial charge in [0, 0.05) is 6.54 Å². The summed E-state index contributed by atoms with van der Waals surface area (Å²) in [5.41, 5.74) is 9.99. The number of aromatic nitrogens is 3. The van der Waals surface area contributed by atoms with E-state index in [1.807, 2.05) is 4.68 Å². The van der Waals surface area contributed by atoms with E-state index in [0.29, 0.717) is 6.54 Å². The smallest absolute Gasteiger partial charge is 0.0999 e. The average Bonchev–Trinajstić information content (AvgIpc) is 2.74. The number of hydrogen-bond donors (Lipinski definition) is 1. The van der Waals surface area contributed by atoms with E-state index >= 15 is 0 Å². The first-order chi connectivity index (χ1) is 8.26. The van der Waals surface area contributed by atoms with Crippen LogP contribution in [0.3, 0.4) is 0 Å². The second-order valence-electron chi connectivity index (χ2n) is 4.18. The van der Waals surface area contributed by atoms with Crippen molar-refractivity contribution in [1.82, 2.24) is 15.0 Å². The molecular formula is C13H18N4. The third-order valence-corrected chi connectivity index (χ3v) is 2.80. The van der Waals surface area contributed by atoms with Gasteiger partial charge in [0.05, 0.1) is 17.1 Å². The molecular weight excluding hydrogens is 212 g/mol. The number of benzene rings is 1. The molecule has 0 amide bonds. The van der Waals surface area contributed by atoms with Crippen LogP contribution in [0.4, 0.5) is 0 Å². The van der Waals surface area contributed by atoms with E-state index < -0.39 is 0 Å². The van der Waals surface area contributed by atoms with Crippen LogP contribution in [0.2, 0.25) is 0 Å². The van der Waals surface area contributed by atoms with Crippen molar-refractivity contribution in [3.63, 3.8) is 0 Å². The lowest BCUT2D eigenvalue weighted by molar-refractivity contribution is 0.745. The Labute approximate surface area is 101 Å². The normalized spacial score (nSPS) is 10.8. The van der Waals surface area contributed by atoms with Gasteiger partial charge in [0.25, 0.3) is 0 Å². The molecule has 2 N–H and O–H groups in total. The van der Waals surface area contributed by atoms with E-state index in [1.165, 1.54) is 5.56 Å². The lowest BCUT2D eigenvalue weighted by Gasteiger charge is -2.06. The Hall–Kier alpha value is -1.68. The van der Waals surface area contributed by atoms with Gasteiger partial charge in [0.1, 0.15) is 0 Å². The minimum absolute atomic E-state index is 0.446. The molecule has 1 aromatic carbocycles. The quantitative estimate of drug-likeness (QED) is 0.873. The Morgan fingerprint density at radius 3 is 2.53 bits per heavy atom. The molecule has 0 saturated carbocycles. The fourth-order valence-corrected chi connectivity index (χ4v) is 1.87. The number of aryl methyl sites for hydroxylation is 1. The molecule has 4 heteroatoms. The number of hydrogen-bond acceptors (Lipinski definition) is 3. The molecule has 0 aliphatic rings. The van der Waals surface area contributed by atoms with Gasteiger partial charge in [0.15, 0.2) is 0 Å². The van der Waals surface area contributed by atoms with Crippen molar-refractivity contribution < 1.29 is 0 Å². The summed E-state index contributed by atoms with van der Waals surface area (Å²) < 4.78 is 1.89. The fraction of sp³-hybridized carbons (Fsp3) is 0.385. The van der Waals surface area contributed by atoms with Crippen LogP contribution >= 0.6 is 0 Å². The van der Waals surface area contributed by atoms with E-state index in [0.717, 1.165) is 29.9 Å². The fourth-order valence-electron chi connectivity index (χ4n) is 1.87. The number of nitrogens with two attached hydrogens (primary N) is 1. The second-order valence-corrected chi connectivity index (χ2v) is 4.18. The minimum Gasteiger partial charge on any atom is -0.325 e. The molecule has 1 aromatic heterocycles. The molecule has 0 aliphatic heterocycles. The summed E-state index contributed by atoms with van der Waals surface area (Å²) in [5.74, 6) is 0. The van der Waals surface area contributed by atoms with Crippen molar-refractivity contribution in [1.29, 1.82) is 0 Å². The Bertz CT molecular complexity index is 485. The van der Waals surface area contributed by atoms with Gasteiger partial charge >= 0.3 is 0 Å². The number of rotatable bonds is 4. The standard InChI is InChI=1S/C13H18N4/c1-3-4-13-12(9-14)15-16-17(13)11-7-5-10(2)6-8-11/h5-8H,3-4,9,14H2,1-2H3. The van der Waals surface area contributed by atoms with E-state index in [1.54, 1.807) is 0 Å². The van der Waals surface area contributed by atoms with Gasteiger partial charge in [-0.3, -0.25) is 0 Å². The third-order valence-electron chi connectivity index (χ3n) is 2.80. The molecule has 0 atom stereocenters. The first kappa shape index (κ1) is 11.8. The van der Waals surface area contributed by atoms with E-state index in [9.17, 15) is 0 Å². The summed E-state index contributed by atoms with van der Waals surface area (Å²) >= 11 is 0. The van der Waals surface area contributed by atoms with Crippen LogP contribution in [-0.2, 0) is 13.0 Å². The van der Waals surface area contributed by atoms with Gasteiger partial charge in [-0.2, -0.15) is 0 Å². The van der Waals surface area contributed by atoms with Crippen LogP contribution in [0.25, 0.3) is 5.69 Å². The summed E-state index contributed by atoms with van der Waals surface area (Å²) in [6.45, 7) is 4.66. The molecule has 2 aromatic rings. The summed E-state index contributed by atoms with van der Waals surface area (Å²) in [5, 5.41) is 8.33. The predicted octanol–water partition coefficient (Wildman–Crippen LogP) is 1.99. The molecule has 90 valence electrons. The molecule has 2 rings (SSSR count). The van der Waals surface area contributed by atoms with Crippen molar-refractivity contribution in [2.45, 2.75) is 33.2 Å². The molecule has 0 fully saturated rings. The molecule has 4 nitrogen and oxygen atoms in total. The van der Waals surface area contributed by atoms with Crippen molar-refractivity contribution >= 4 is 0 Å². The summed E-state index contributed by atoms with van der Waals surface area (Å²) in [6.07, 6.45) is 2.01. The Morgan fingerprint density at radius 2 is 1.94 bits per heavy atom. The molecule has 0 spiro atoms. The first-order valence-corrected chi connectivity index (χ1v) is 5.96. The zero-order chi connectivity index (χ0) is 12.3. The highest BCUT2D eigenvalue weighted by molar-refractivity contribution is 5.35. The zero-order valence-corrected chi connectivity index (χ0v) is 10.3. The number of nitrogens with zero attached hydrogens (tertiary/aromatic N) is 3. The third kappa shape index (κ3) is 2.36. The molecule has 0 radical (unpaired) electrons. The van der Waals surface area contributed by atoms with Crippen LogP contribution in [0.1, 0.15) is 30.3 Å². The van der Waals surface area contributed by atoms with Crippen LogP contribution in [0, 0.1) is 6.92 Å². The highest BCUT2D eigenvalue weighted by Crippen LogP contribution is 2.15. The van der Waals surface area contributed by atoms with Crippen LogP contribution in [0.15, 0.2) is 24.3 Å². The van der Waals surface area contributed by atoms with Gasteiger partial charge in [-0.1, -0.05) is 36.3 Å². The highest BCUT2D eigenvalue weighted by atomic mass is 15.4. The minimum atomic E-state index is 0.446. The van der Waals surface area contributed by atoms with Crippen LogP contribution in [0.5, 0.6) is 0 Å². The maximum Gasteiger partial charge on any atom is 0.0999 e. The Kier molecular flexibility index (Phi) is 3.54. The van der Waals surface area contributed by atoms with E-state index in [2.05, 4.69) is 48.4 Å². The monoisotopic (exact) mass is 230 g/mol. The average molecular weight is 230 g/mol. The maximum absolute atomic E-state index is 5.68. The summed E-state index contributed by atoms with van der Waals surface area (Å²) in [7, 11) is 0. The maximum atomic E-state index is 5.68. The Balaban J connectivity index is 2.43. The van der Waals surface area contributed by atoms with Gasteiger partial charge in [-0.15, -0.1) is 5.10 Å². The van der Waals surface area contributed by atoms with Crippen molar-refractivity contribution in [3.8, 4) is 5.69 Å². The largest absolute Gasteiger partial charge is 0.325 e. The summed E-state index contributed by atoms with van der Waals surface area (Å²) in [6, 6.07) is 8.27. The molecule has 17 heavy (non-hydrogen) atoms. The lowest BCUT2D eigenvalue weighted by Crippen LogP contribution is -2.06. The predicted molar refractivity (Wildman–Crippen MR) is 68.0 cm³/mol. The van der Waals surface area contributed by atoms with Crippen LogP contribution in [-0.4, -0.2) is 15.0 Å². The molecule has 0 saturated heterocycles. The van der Waals surface area contributed by atoms with Crippen LogP contribution < -0.4 is 5.73 Å². The van der Waals surface area contributed by atoms with Gasteiger partial charge in [0.2, 0.25) is 0 Å². The van der Waals surface area contributed by atoms with Gasteiger partial charge in [-0.25, -0.2) is 4.68 Å². The van der Waals surface area contributed by atoms with Crippen molar-refractivity contribution in [2.75, 3.05) is 0 Å². The highest BCUT2D eigenvalue weighted by Gasteiger charge is 2.11. The molecule has 1 heterocycles. The summed E-state index contributed by atoms with van der Waals surface area (Å²) in [4.78, 5) is 0. The SMILES string of the molecule is CCCc1c(CN)nnn1-c1ccc(C)cc1. The zero-order valence-electron chi connectivity index (χ0n) is 10.3. The lowest BCUT2D eigenvalue weighted by atomic mass is 10.2. The Morgan fingerprint density at radius 1 is 1.24 bits per heavy atom. The van der Waals surface area contributed by atoms with Gasteiger partial charge in [-0.05, 0) is 25.5 Å².